The molecule has 3 rings (SSSR count). The van der Waals surface area contributed by atoms with Gasteiger partial charge in [-0.15, -0.1) is 0 Å². The molecule has 1 N–H and O–H groups in total. The average Bonchev–Trinajstić information content (AvgIpc) is 2.90. The van der Waals surface area contributed by atoms with Crippen LogP contribution in [0.1, 0.15) is 42.3 Å². The summed E-state index contributed by atoms with van der Waals surface area (Å²) < 4.78 is 27.7. The Morgan fingerprint density at radius 1 is 1.15 bits per heavy atom. The Hall–Kier alpha value is -2.34. The van der Waals surface area contributed by atoms with Crippen molar-refractivity contribution in [3.05, 3.63) is 59.2 Å². The summed E-state index contributed by atoms with van der Waals surface area (Å²) in [5.41, 5.74) is 3.10. The number of rotatable bonds is 4. The van der Waals surface area contributed by atoms with Gasteiger partial charge >= 0.3 is 0 Å². The molecule has 1 atom stereocenters. The van der Waals surface area contributed by atoms with E-state index in [0.717, 1.165) is 11.1 Å². The summed E-state index contributed by atoms with van der Waals surface area (Å²) in [6.45, 7) is 7.62. The topological polar surface area (TPSA) is 66.5 Å². The fourth-order valence-corrected chi connectivity index (χ4v) is 4.97. The van der Waals surface area contributed by atoms with Gasteiger partial charge in [-0.05, 0) is 70.0 Å². The summed E-state index contributed by atoms with van der Waals surface area (Å²) in [5.74, 6) is -0.143. The van der Waals surface area contributed by atoms with Gasteiger partial charge in [-0.1, -0.05) is 17.7 Å². The van der Waals surface area contributed by atoms with E-state index in [-0.39, 0.29) is 22.9 Å². The first kappa shape index (κ1) is 18.5. The normalized spacial score (nSPS) is 16.7. The maximum Gasteiger partial charge on any atom is 0.264 e. The molecule has 5 nitrogen and oxygen atoms in total. The van der Waals surface area contributed by atoms with Gasteiger partial charge in [-0.25, -0.2) is 8.42 Å². The van der Waals surface area contributed by atoms with Crippen LogP contribution < -0.4 is 9.62 Å². The van der Waals surface area contributed by atoms with Crippen LogP contribution in [0, 0.1) is 6.92 Å². The first-order valence-electron chi connectivity index (χ1n) is 8.75. The van der Waals surface area contributed by atoms with Gasteiger partial charge < -0.3 is 5.32 Å². The van der Waals surface area contributed by atoms with Gasteiger partial charge in [-0.3, -0.25) is 9.10 Å². The zero-order valence-corrected chi connectivity index (χ0v) is 16.3. The largest absolute Gasteiger partial charge is 0.350 e. The van der Waals surface area contributed by atoms with Crippen molar-refractivity contribution >= 4 is 21.6 Å². The number of nitrogens with one attached hydrogen (secondary N) is 1. The molecule has 2 aromatic carbocycles. The number of anilines is 1. The SMILES string of the molecule is Cc1ccc(S(=O)(=O)N2c3ccc(C(=O)NC(C)C)cc3C[C@@H]2C)cc1. The molecule has 0 unspecified atom stereocenters. The fourth-order valence-electron chi connectivity index (χ4n) is 3.28. The van der Waals surface area contributed by atoms with Crippen molar-refractivity contribution in [1.29, 1.82) is 0 Å². The molecule has 0 saturated carbocycles. The molecule has 0 spiro atoms. The quantitative estimate of drug-likeness (QED) is 0.896. The van der Waals surface area contributed by atoms with E-state index in [1.54, 1.807) is 42.5 Å². The first-order chi connectivity index (χ1) is 12.2. The Bertz CT molecular complexity index is 934. The van der Waals surface area contributed by atoms with Crippen molar-refractivity contribution < 1.29 is 13.2 Å². The predicted octanol–water partition coefficient (Wildman–Crippen LogP) is 3.27. The summed E-state index contributed by atoms with van der Waals surface area (Å²) >= 11 is 0. The molecule has 26 heavy (non-hydrogen) atoms. The van der Waals surface area contributed by atoms with Crippen molar-refractivity contribution in [1.82, 2.24) is 5.32 Å². The third-order valence-corrected chi connectivity index (χ3v) is 6.43. The third-order valence-electron chi connectivity index (χ3n) is 4.49. The minimum absolute atomic E-state index is 0.0492. The Kier molecular flexibility index (Phi) is 4.80. The lowest BCUT2D eigenvalue weighted by Gasteiger charge is -2.24. The third kappa shape index (κ3) is 3.33. The Morgan fingerprint density at radius 3 is 2.42 bits per heavy atom. The van der Waals surface area contributed by atoms with Crippen LogP contribution in [0.25, 0.3) is 0 Å². The summed E-state index contributed by atoms with van der Waals surface area (Å²) in [6, 6.07) is 12.0. The van der Waals surface area contributed by atoms with E-state index in [0.29, 0.717) is 17.7 Å². The van der Waals surface area contributed by atoms with E-state index in [1.807, 2.05) is 27.7 Å². The number of carbonyl (C=O) groups excluding carboxylic acids is 1. The summed E-state index contributed by atoms with van der Waals surface area (Å²) in [5, 5.41) is 2.86. The van der Waals surface area contributed by atoms with Crippen molar-refractivity contribution in [3.63, 3.8) is 0 Å². The molecular formula is C20H24N2O3S. The number of hydrogen-bond donors (Lipinski definition) is 1. The Morgan fingerprint density at radius 2 is 1.81 bits per heavy atom. The molecular weight excluding hydrogens is 348 g/mol. The number of aryl methyl sites for hydroxylation is 1. The van der Waals surface area contributed by atoms with Gasteiger partial charge in [0.2, 0.25) is 0 Å². The standard InChI is InChI=1S/C20H24N2O3S/c1-13(2)21-20(23)16-7-10-19-17(12-16)11-15(4)22(19)26(24,25)18-8-5-14(3)6-9-18/h5-10,12-13,15H,11H2,1-4H3,(H,21,23)/t15-/m0/s1. The molecule has 0 aliphatic carbocycles. The number of sulfonamides is 1. The summed E-state index contributed by atoms with van der Waals surface area (Å²) in [4.78, 5) is 12.5. The molecule has 2 aromatic rings. The van der Waals surface area contributed by atoms with Gasteiger partial charge in [0.25, 0.3) is 15.9 Å². The summed E-state index contributed by atoms with van der Waals surface area (Å²) in [7, 11) is -3.64. The van der Waals surface area contributed by atoms with Crippen LogP contribution >= 0.6 is 0 Å². The number of amides is 1. The molecule has 138 valence electrons. The number of hydrogen-bond acceptors (Lipinski definition) is 3. The molecule has 0 saturated heterocycles. The lowest BCUT2D eigenvalue weighted by atomic mass is 10.1. The smallest absolute Gasteiger partial charge is 0.264 e. The minimum Gasteiger partial charge on any atom is -0.350 e. The highest BCUT2D eigenvalue weighted by Crippen LogP contribution is 2.37. The number of carbonyl (C=O) groups is 1. The van der Waals surface area contributed by atoms with Gasteiger partial charge in [0.05, 0.1) is 10.6 Å². The maximum absolute atomic E-state index is 13.1. The van der Waals surface area contributed by atoms with Crippen LogP contribution in [0.3, 0.4) is 0 Å². The van der Waals surface area contributed by atoms with Crippen molar-refractivity contribution in [2.24, 2.45) is 0 Å². The zero-order valence-electron chi connectivity index (χ0n) is 15.5. The molecule has 0 fully saturated rings. The van der Waals surface area contributed by atoms with E-state index >= 15 is 0 Å². The van der Waals surface area contributed by atoms with Crippen LogP contribution in [0.5, 0.6) is 0 Å². The molecule has 0 bridgehead atoms. The molecule has 1 aliphatic rings. The van der Waals surface area contributed by atoms with Crippen LogP contribution in [0.2, 0.25) is 0 Å². The molecule has 1 amide bonds. The number of fused-ring (bicyclic) bond motifs is 1. The Labute approximate surface area is 155 Å². The Balaban J connectivity index is 1.98. The molecule has 1 heterocycles. The second kappa shape index (κ2) is 6.76. The van der Waals surface area contributed by atoms with E-state index in [1.165, 1.54) is 4.31 Å². The van der Waals surface area contributed by atoms with Crippen molar-refractivity contribution in [2.75, 3.05) is 4.31 Å². The van der Waals surface area contributed by atoms with E-state index < -0.39 is 10.0 Å². The molecule has 1 aliphatic heterocycles. The second-order valence-electron chi connectivity index (χ2n) is 7.14. The lowest BCUT2D eigenvalue weighted by molar-refractivity contribution is 0.0943. The van der Waals surface area contributed by atoms with Crippen LogP contribution in [-0.4, -0.2) is 26.4 Å². The van der Waals surface area contributed by atoms with E-state index in [2.05, 4.69) is 5.32 Å². The highest BCUT2D eigenvalue weighted by molar-refractivity contribution is 7.92. The van der Waals surface area contributed by atoms with Crippen LogP contribution in [0.15, 0.2) is 47.4 Å². The van der Waals surface area contributed by atoms with Gasteiger partial charge in [-0.2, -0.15) is 0 Å². The average molecular weight is 372 g/mol. The van der Waals surface area contributed by atoms with Crippen molar-refractivity contribution in [3.8, 4) is 0 Å². The molecule has 6 heteroatoms. The van der Waals surface area contributed by atoms with Crippen LogP contribution in [-0.2, 0) is 16.4 Å². The molecule has 0 aromatic heterocycles. The summed E-state index contributed by atoms with van der Waals surface area (Å²) in [6.07, 6.45) is 0.587. The van der Waals surface area contributed by atoms with Gasteiger partial charge in [0.1, 0.15) is 0 Å². The highest BCUT2D eigenvalue weighted by Gasteiger charge is 2.36. The van der Waals surface area contributed by atoms with E-state index in [9.17, 15) is 13.2 Å². The second-order valence-corrected chi connectivity index (χ2v) is 8.95. The minimum atomic E-state index is -3.64. The predicted molar refractivity (Wildman–Crippen MR) is 103 cm³/mol. The van der Waals surface area contributed by atoms with Crippen LogP contribution in [0.4, 0.5) is 5.69 Å². The van der Waals surface area contributed by atoms with Gasteiger partial charge in [0.15, 0.2) is 0 Å². The zero-order chi connectivity index (χ0) is 19.1. The monoisotopic (exact) mass is 372 g/mol. The highest BCUT2D eigenvalue weighted by atomic mass is 32.2. The lowest BCUT2D eigenvalue weighted by Crippen LogP contribution is -2.35. The fraction of sp³-hybridized carbons (Fsp3) is 0.350. The maximum atomic E-state index is 13.1. The number of benzene rings is 2. The first-order valence-corrected chi connectivity index (χ1v) is 10.2. The van der Waals surface area contributed by atoms with Crippen molar-refractivity contribution in [2.45, 2.75) is 51.1 Å². The van der Waals surface area contributed by atoms with E-state index in [4.69, 9.17) is 0 Å². The molecule has 0 radical (unpaired) electrons. The number of nitrogens with zero attached hydrogens (tertiary/aromatic N) is 1. The van der Waals surface area contributed by atoms with Gasteiger partial charge in [0, 0.05) is 17.6 Å².